The Kier molecular flexibility index (Phi) is 3.41. The van der Waals surface area contributed by atoms with Gasteiger partial charge in [-0.25, -0.2) is 4.98 Å². The van der Waals surface area contributed by atoms with Crippen LogP contribution in [0.5, 0.6) is 0 Å². The van der Waals surface area contributed by atoms with Crippen molar-refractivity contribution in [3.63, 3.8) is 0 Å². The molecule has 0 aliphatic carbocycles. The molecule has 0 amide bonds. The van der Waals surface area contributed by atoms with E-state index in [1.54, 1.807) is 22.0 Å². The molecule has 0 spiro atoms. The summed E-state index contributed by atoms with van der Waals surface area (Å²) in [4.78, 5) is 19.1. The molecule has 4 nitrogen and oxygen atoms in total. The van der Waals surface area contributed by atoms with Crippen LogP contribution < -0.4 is 10.5 Å². The lowest BCUT2D eigenvalue weighted by Crippen LogP contribution is -2.38. The minimum atomic E-state index is 0.0280. The lowest BCUT2D eigenvalue weighted by molar-refractivity contribution is 0.357. The molecule has 23 heavy (non-hydrogen) atoms. The van der Waals surface area contributed by atoms with Crippen LogP contribution in [0.25, 0.3) is 21.1 Å². The standard InChI is InChI=1S/C18H21N3OS/c1-11-8-12(2)10-21(9-11)18-19-14-5-6-15-13(17(14)23-18)4-7-16(22)20(15)3/h4-7,11-12H,8-10H2,1-3H3. The number of nitrogens with zero attached hydrogens (tertiary/aromatic N) is 3. The monoisotopic (exact) mass is 327 g/mol. The van der Waals surface area contributed by atoms with Gasteiger partial charge in [0.25, 0.3) is 5.56 Å². The average molecular weight is 327 g/mol. The number of thiazole rings is 1. The maximum atomic E-state index is 11.8. The average Bonchev–Trinajstić information content (AvgIpc) is 2.94. The van der Waals surface area contributed by atoms with Gasteiger partial charge < -0.3 is 9.47 Å². The second-order valence-corrected chi connectivity index (χ2v) is 7.90. The molecule has 0 saturated carbocycles. The molecule has 1 aliphatic rings. The first kappa shape index (κ1) is 14.7. The third-order valence-corrected chi connectivity index (χ3v) is 5.95. The summed E-state index contributed by atoms with van der Waals surface area (Å²) >= 11 is 1.75. The second-order valence-electron chi connectivity index (χ2n) is 6.92. The van der Waals surface area contributed by atoms with Gasteiger partial charge in [0.15, 0.2) is 5.13 Å². The molecule has 1 aliphatic heterocycles. The molecule has 1 fully saturated rings. The fourth-order valence-electron chi connectivity index (χ4n) is 3.78. The molecule has 1 saturated heterocycles. The summed E-state index contributed by atoms with van der Waals surface area (Å²) in [7, 11) is 1.83. The molecule has 1 aromatic carbocycles. The molecular weight excluding hydrogens is 306 g/mol. The third-order valence-electron chi connectivity index (χ3n) is 4.79. The largest absolute Gasteiger partial charge is 0.348 e. The van der Waals surface area contributed by atoms with Crippen molar-refractivity contribution in [2.75, 3.05) is 18.0 Å². The van der Waals surface area contributed by atoms with E-state index in [0.717, 1.165) is 34.6 Å². The Morgan fingerprint density at radius 2 is 1.87 bits per heavy atom. The molecule has 2 unspecified atom stereocenters. The highest BCUT2D eigenvalue weighted by Crippen LogP contribution is 2.36. The van der Waals surface area contributed by atoms with E-state index in [1.165, 1.54) is 11.1 Å². The predicted octanol–water partition coefficient (Wildman–Crippen LogP) is 3.63. The molecule has 3 aromatic rings. The van der Waals surface area contributed by atoms with E-state index in [1.807, 2.05) is 25.2 Å². The maximum Gasteiger partial charge on any atom is 0.250 e. The van der Waals surface area contributed by atoms with E-state index in [9.17, 15) is 4.79 Å². The van der Waals surface area contributed by atoms with Crippen LogP contribution in [0.1, 0.15) is 20.3 Å². The van der Waals surface area contributed by atoms with Crippen LogP contribution in [0, 0.1) is 11.8 Å². The molecule has 0 radical (unpaired) electrons. The van der Waals surface area contributed by atoms with Gasteiger partial charge in [-0.2, -0.15) is 0 Å². The van der Waals surface area contributed by atoms with Crippen molar-refractivity contribution in [1.29, 1.82) is 0 Å². The van der Waals surface area contributed by atoms with Crippen LogP contribution in [0.15, 0.2) is 29.1 Å². The van der Waals surface area contributed by atoms with Gasteiger partial charge >= 0.3 is 0 Å². The van der Waals surface area contributed by atoms with Gasteiger partial charge in [0.05, 0.1) is 15.7 Å². The van der Waals surface area contributed by atoms with Crippen molar-refractivity contribution in [2.45, 2.75) is 20.3 Å². The normalized spacial score (nSPS) is 22.1. The van der Waals surface area contributed by atoms with Gasteiger partial charge in [-0.15, -0.1) is 0 Å². The number of benzene rings is 1. The Balaban J connectivity index is 1.86. The number of hydrogen-bond acceptors (Lipinski definition) is 4. The Morgan fingerprint density at radius 1 is 1.13 bits per heavy atom. The zero-order valence-corrected chi connectivity index (χ0v) is 14.6. The highest BCUT2D eigenvalue weighted by Gasteiger charge is 2.24. The summed E-state index contributed by atoms with van der Waals surface area (Å²) in [6, 6.07) is 7.62. The van der Waals surface area contributed by atoms with Gasteiger partial charge in [0, 0.05) is 31.6 Å². The fourth-order valence-corrected chi connectivity index (χ4v) is 4.89. The van der Waals surface area contributed by atoms with Crippen molar-refractivity contribution in [1.82, 2.24) is 9.55 Å². The van der Waals surface area contributed by atoms with Gasteiger partial charge in [-0.1, -0.05) is 25.2 Å². The number of piperidine rings is 1. The fraction of sp³-hybridized carbons (Fsp3) is 0.444. The number of aromatic nitrogens is 2. The van der Waals surface area contributed by atoms with Crippen LogP contribution in [0.4, 0.5) is 5.13 Å². The molecule has 0 N–H and O–H groups in total. The van der Waals surface area contributed by atoms with Crippen LogP contribution in [0.3, 0.4) is 0 Å². The summed E-state index contributed by atoms with van der Waals surface area (Å²) in [5.41, 5.74) is 2.03. The van der Waals surface area contributed by atoms with Crippen molar-refractivity contribution in [3.8, 4) is 0 Å². The number of rotatable bonds is 1. The van der Waals surface area contributed by atoms with Gasteiger partial charge in [0.1, 0.15) is 0 Å². The first-order valence-corrected chi connectivity index (χ1v) is 8.99. The Bertz CT molecular complexity index is 932. The van der Waals surface area contributed by atoms with E-state index >= 15 is 0 Å². The highest BCUT2D eigenvalue weighted by atomic mass is 32.1. The molecule has 3 heterocycles. The maximum absolute atomic E-state index is 11.8. The molecular formula is C18H21N3OS. The summed E-state index contributed by atoms with van der Waals surface area (Å²) < 4.78 is 2.89. The first-order valence-electron chi connectivity index (χ1n) is 8.17. The molecule has 0 bridgehead atoms. The summed E-state index contributed by atoms with van der Waals surface area (Å²) in [5.74, 6) is 1.42. The van der Waals surface area contributed by atoms with Gasteiger partial charge in [0.2, 0.25) is 0 Å². The SMILES string of the molecule is CC1CC(C)CN(c2nc3ccc4c(ccc(=O)n4C)c3s2)C1. The number of fused-ring (bicyclic) bond motifs is 3. The van der Waals surface area contributed by atoms with E-state index in [-0.39, 0.29) is 5.56 Å². The summed E-state index contributed by atoms with van der Waals surface area (Å²) in [5, 5.41) is 2.23. The smallest absolute Gasteiger partial charge is 0.250 e. The van der Waals surface area contributed by atoms with E-state index in [4.69, 9.17) is 4.98 Å². The number of hydrogen-bond donors (Lipinski definition) is 0. The van der Waals surface area contributed by atoms with Crippen LogP contribution in [-0.2, 0) is 7.05 Å². The molecule has 5 heteroatoms. The third kappa shape index (κ3) is 2.43. The second kappa shape index (κ2) is 5.34. The number of aryl methyl sites for hydroxylation is 1. The van der Waals surface area contributed by atoms with Crippen molar-refractivity contribution in [3.05, 3.63) is 34.6 Å². The first-order chi connectivity index (χ1) is 11.0. The van der Waals surface area contributed by atoms with E-state index in [0.29, 0.717) is 11.8 Å². The Labute approximate surface area is 139 Å². The minimum Gasteiger partial charge on any atom is -0.348 e. The predicted molar refractivity (Wildman–Crippen MR) is 97.5 cm³/mol. The molecule has 2 atom stereocenters. The van der Waals surface area contributed by atoms with E-state index < -0.39 is 0 Å². The van der Waals surface area contributed by atoms with Gasteiger partial charge in [-0.05, 0) is 36.5 Å². The quantitative estimate of drug-likeness (QED) is 0.685. The molecule has 4 rings (SSSR count). The Hall–Kier alpha value is -1.88. The number of anilines is 1. The highest BCUT2D eigenvalue weighted by molar-refractivity contribution is 7.23. The zero-order chi connectivity index (χ0) is 16.1. The molecule has 2 aromatic heterocycles. The van der Waals surface area contributed by atoms with Crippen molar-refractivity contribution >= 4 is 37.6 Å². The molecule has 120 valence electrons. The minimum absolute atomic E-state index is 0.0280. The van der Waals surface area contributed by atoms with Crippen LogP contribution >= 0.6 is 11.3 Å². The summed E-state index contributed by atoms with van der Waals surface area (Å²) in [6.45, 7) is 6.81. The van der Waals surface area contributed by atoms with E-state index in [2.05, 4.69) is 18.7 Å². The summed E-state index contributed by atoms with van der Waals surface area (Å²) in [6.07, 6.45) is 1.30. The topological polar surface area (TPSA) is 38.1 Å². The lowest BCUT2D eigenvalue weighted by atomic mass is 9.92. The van der Waals surface area contributed by atoms with Crippen LogP contribution in [-0.4, -0.2) is 22.6 Å². The van der Waals surface area contributed by atoms with Gasteiger partial charge in [-0.3, -0.25) is 4.79 Å². The van der Waals surface area contributed by atoms with Crippen molar-refractivity contribution < 1.29 is 0 Å². The van der Waals surface area contributed by atoms with Crippen molar-refractivity contribution in [2.24, 2.45) is 18.9 Å². The van der Waals surface area contributed by atoms with Crippen LogP contribution in [0.2, 0.25) is 0 Å². The zero-order valence-electron chi connectivity index (χ0n) is 13.7. The number of pyridine rings is 1. The Morgan fingerprint density at radius 3 is 2.61 bits per heavy atom. The lowest BCUT2D eigenvalue weighted by Gasteiger charge is -2.34.